The van der Waals surface area contributed by atoms with E-state index >= 15 is 0 Å². The molecule has 0 amide bonds. The van der Waals surface area contributed by atoms with Crippen molar-refractivity contribution in [2.24, 2.45) is 0 Å². The highest BCUT2D eigenvalue weighted by Crippen LogP contribution is 2.27. The Hall–Kier alpha value is -1.65. The molecule has 1 aliphatic carbocycles. The van der Waals surface area contributed by atoms with Crippen LogP contribution in [-0.4, -0.2) is 30.6 Å². The Morgan fingerprint density at radius 1 is 1.30 bits per heavy atom. The number of nitrogens with zero attached hydrogens (tertiary/aromatic N) is 1. The van der Waals surface area contributed by atoms with Crippen molar-refractivity contribution in [2.75, 3.05) is 0 Å². The van der Waals surface area contributed by atoms with Gasteiger partial charge in [-0.25, -0.2) is 17.5 Å². The van der Waals surface area contributed by atoms with E-state index in [4.69, 9.17) is 5.11 Å². The number of sulfonamides is 1. The number of hydrogen-bond donors (Lipinski definition) is 2. The smallest absolute Gasteiger partial charge is 0.306 e. The molecule has 7 nitrogen and oxygen atoms in total. The Labute approximate surface area is 112 Å². The van der Waals surface area contributed by atoms with Gasteiger partial charge in [0.1, 0.15) is 10.7 Å². The van der Waals surface area contributed by atoms with Crippen molar-refractivity contribution in [3.63, 3.8) is 0 Å². The van der Waals surface area contributed by atoms with Crippen LogP contribution < -0.4 is 4.72 Å². The van der Waals surface area contributed by atoms with Gasteiger partial charge in [0.25, 0.3) is 0 Å². The highest BCUT2D eigenvalue weighted by Gasteiger charge is 2.33. The van der Waals surface area contributed by atoms with Gasteiger partial charge in [-0.15, -0.1) is 0 Å². The number of aliphatic hydroxyl groups is 1. The van der Waals surface area contributed by atoms with E-state index in [-0.39, 0.29) is 18.9 Å². The van der Waals surface area contributed by atoms with Crippen LogP contribution in [0.3, 0.4) is 0 Å². The summed E-state index contributed by atoms with van der Waals surface area (Å²) in [6, 6.07) is -0.0803. The lowest BCUT2D eigenvalue weighted by molar-refractivity contribution is -0.387. The maximum atomic E-state index is 13.5. The van der Waals surface area contributed by atoms with Crippen molar-refractivity contribution < 1.29 is 27.2 Å². The van der Waals surface area contributed by atoms with E-state index in [2.05, 4.69) is 4.72 Å². The number of nitro benzene ring substituents is 1. The van der Waals surface area contributed by atoms with Gasteiger partial charge in [-0.1, -0.05) is 0 Å². The molecule has 0 bridgehead atoms. The lowest BCUT2D eigenvalue weighted by Gasteiger charge is -2.31. The van der Waals surface area contributed by atoms with E-state index in [1.54, 1.807) is 0 Å². The van der Waals surface area contributed by atoms with Crippen molar-refractivity contribution in [2.45, 2.75) is 29.9 Å². The molecular weight excluding hydrogens is 298 g/mol. The van der Waals surface area contributed by atoms with E-state index in [1.165, 1.54) is 0 Å². The summed E-state index contributed by atoms with van der Waals surface area (Å²) >= 11 is 0. The molecule has 2 N–H and O–H groups in total. The second-order valence-electron chi connectivity index (χ2n) is 4.43. The minimum absolute atomic E-state index is 0.155. The van der Waals surface area contributed by atoms with Crippen molar-refractivity contribution in [3.8, 4) is 0 Å². The molecule has 0 heterocycles. The number of nitrogens with one attached hydrogen (secondary N) is 1. The summed E-state index contributed by atoms with van der Waals surface area (Å²) < 4.78 is 52.5. The molecule has 0 radical (unpaired) electrons. The van der Waals surface area contributed by atoms with Gasteiger partial charge in [-0.2, -0.15) is 4.39 Å². The molecule has 0 aliphatic heterocycles. The molecule has 110 valence electrons. The Bertz CT molecular complexity index is 658. The summed E-state index contributed by atoms with van der Waals surface area (Å²) in [6.07, 6.45) is -0.288. The third kappa shape index (κ3) is 2.76. The van der Waals surface area contributed by atoms with Gasteiger partial charge in [0, 0.05) is 18.2 Å². The summed E-state index contributed by atoms with van der Waals surface area (Å²) in [4.78, 5) is 8.41. The number of nitro groups is 1. The summed E-state index contributed by atoms with van der Waals surface area (Å²) in [5, 5.41) is 19.6. The fourth-order valence-electron chi connectivity index (χ4n) is 1.83. The van der Waals surface area contributed by atoms with E-state index < -0.39 is 49.3 Å². The molecule has 0 unspecified atom stereocenters. The van der Waals surface area contributed by atoms with Gasteiger partial charge in [-0.3, -0.25) is 10.1 Å². The second-order valence-corrected chi connectivity index (χ2v) is 6.12. The van der Waals surface area contributed by atoms with Crippen LogP contribution in [0.25, 0.3) is 0 Å². The first kappa shape index (κ1) is 14.8. The molecule has 1 aliphatic rings. The number of hydrogen-bond acceptors (Lipinski definition) is 5. The standard InChI is InChI=1S/C10H10F2N2O5S/c11-7-3-8(12)10(4-9(7)14(16)17)20(18,19)13-5-1-6(15)2-5/h3-6,13,15H,1-2H2. The van der Waals surface area contributed by atoms with Crippen LogP contribution in [-0.2, 0) is 10.0 Å². The molecule has 2 rings (SSSR count). The summed E-state index contributed by atoms with van der Waals surface area (Å²) in [5.41, 5.74) is -1.12. The zero-order chi connectivity index (χ0) is 15.1. The molecular formula is C10H10F2N2O5S. The maximum Gasteiger partial charge on any atom is 0.306 e. The molecule has 0 atom stereocenters. The van der Waals surface area contributed by atoms with Gasteiger partial charge in [0.05, 0.1) is 11.0 Å². The summed E-state index contributed by atoms with van der Waals surface area (Å²) in [6.45, 7) is 0. The van der Waals surface area contributed by atoms with Gasteiger partial charge < -0.3 is 5.11 Å². The first-order chi connectivity index (χ1) is 9.20. The van der Waals surface area contributed by atoms with E-state index in [9.17, 15) is 27.3 Å². The molecule has 10 heteroatoms. The average molecular weight is 308 g/mol. The number of rotatable bonds is 4. The molecule has 0 spiro atoms. The SMILES string of the molecule is O=[N+]([O-])c1cc(S(=O)(=O)NC2CC(O)C2)c(F)cc1F. The average Bonchev–Trinajstić information content (AvgIpc) is 2.25. The fourth-order valence-corrected chi connectivity index (χ4v) is 3.17. The maximum absolute atomic E-state index is 13.5. The van der Waals surface area contributed by atoms with Crippen molar-refractivity contribution in [1.29, 1.82) is 0 Å². The van der Waals surface area contributed by atoms with Crippen LogP contribution in [0.5, 0.6) is 0 Å². The van der Waals surface area contributed by atoms with Gasteiger partial charge in [-0.05, 0) is 12.8 Å². The first-order valence-corrected chi connectivity index (χ1v) is 7.03. The quantitative estimate of drug-likeness (QED) is 0.627. The topological polar surface area (TPSA) is 110 Å². The van der Waals surface area contributed by atoms with Crippen LogP contribution in [0.4, 0.5) is 14.5 Å². The third-order valence-electron chi connectivity index (χ3n) is 2.92. The molecule has 1 aromatic carbocycles. The van der Waals surface area contributed by atoms with Crippen LogP contribution in [0.2, 0.25) is 0 Å². The van der Waals surface area contributed by atoms with E-state index in [0.29, 0.717) is 6.07 Å². The van der Waals surface area contributed by atoms with Gasteiger partial charge in [0.2, 0.25) is 15.8 Å². The second kappa shape index (κ2) is 5.04. The van der Waals surface area contributed by atoms with Crippen LogP contribution in [0.1, 0.15) is 12.8 Å². The molecule has 1 fully saturated rings. The molecule has 20 heavy (non-hydrogen) atoms. The van der Waals surface area contributed by atoms with Crippen LogP contribution >= 0.6 is 0 Å². The van der Waals surface area contributed by atoms with Gasteiger partial charge in [0.15, 0.2) is 0 Å². The predicted molar refractivity (Wildman–Crippen MR) is 62.4 cm³/mol. The minimum Gasteiger partial charge on any atom is -0.393 e. The molecule has 0 saturated heterocycles. The van der Waals surface area contributed by atoms with E-state index in [1.807, 2.05) is 0 Å². The summed E-state index contributed by atoms with van der Waals surface area (Å²) in [5.74, 6) is -2.87. The van der Waals surface area contributed by atoms with Crippen LogP contribution in [0, 0.1) is 21.7 Å². The van der Waals surface area contributed by atoms with Crippen molar-refractivity contribution in [1.82, 2.24) is 4.72 Å². The number of halogens is 2. The highest BCUT2D eigenvalue weighted by atomic mass is 32.2. The highest BCUT2D eigenvalue weighted by molar-refractivity contribution is 7.89. The Morgan fingerprint density at radius 2 is 1.90 bits per heavy atom. The molecule has 1 aromatic rings. The van der Waals surface area contributed by atoms with Gasteiger partial charge >= 0.3 is 5.69 Å². The number of aliphatic hydroxyl groups excluding tert-OH is 1. The molecule has 1 saturated carbocycles. The van der Waals surface area contributed by atoms with Crippen molar-refractivity contribution >= 4 is 15.7 Å². The monoisotopic (exact) mass is 308 g/mol. The first-order valence-electron chi connectivity index (χ1n) is 5.54. The predicted octanol–water partition coefficient (Wildman–Crippen LogP) is 0.675. The normalized spacial score (nSPS) is 22.4. The largest absolute Gasteiger partial charge is 0.393 e. The Kier molecular flexibility index (Phi) is 3.71. The zero-order valence-electron chi connectivity index (χ0n) is 9.92. The summed E-state index contributed by atoms with van der Waals surface area (Å²) in [7, 11) is -4.35. The van der Waals surface area contributed by atoms with Crippen LogP contribution in [0.15, 0.2) is 17.0 Å². The number of benzene rings is 1. The minimum atomic E-state index is -4.35. The third-order valence-corrected chi connectivity index (χ3v) is 4.46. The molecule has 0 aromatic heterocycles. The Morgan fingerprint density at radius 3 is 2.40 bits per heavy atom. The van der Waals surface area contributed by atoms with Crippen molar-refractivity contribution in [3.05, 3.63) is 33.9 Å². The van der Waals surface area contributed by atoms with E-state index in [0.717, 1.165) is 0 Å². The zero-order valence-corrected chi connectivity index (χ0v) is 10.7. The lowest BCUT2D eigenvalue weighted by Crippen LogP contribution is -2.46. The Balaban J connectivity index is 2.35. The fraction of sp³-hybridized carbons (Fsp3) is 0.400. The lowest BCUT2D eigenvalue weighted by atomic mass is 9.91.